The van der Waals surface area contributed by atoms with Gasteiger partial charge in [-0.05, 0) is 19.9 Å². The van der Waals surface area contributed by atoms with Gasteiger partial charge in [0.25, 0.3) is 0 Å². The number of ether oxygens (including phenoxy) is 1. The minimum absolute atomic E-state index is 0.231. The molecule has 0 amide bonds. The monoisotopic (exact) mass is 183 g/mol. The molecule has 0 radical (unpaired) electrons. The van der Waals surface area contributed by atoms with Gasteiger partial charge in [0, 0.05) is 11.1 Å². The third-order valence-corrected chi connectivity index (χ3v) is 1.87. The Balaban J connectivity index is 3.29. The molecule has 0 unspecified atom stereocenters. The highest BCUT2D eigenvalue weighted by Gasteiger charge is 2.21. The number of nitrogens with two attached hydrogens (primary N) is 1. The zero-order chi connectivity index (χ0) is 10.1. The first kappa shape index (κ1) is 9.99. The summed E-state index contributed by atoms with van der Waals surface area (Å²) in [5.41, 5.74) is 5.94. The van der Waals surface area contributed by atoms with Crippen molar-refractivity contribution in [3.05, 3.63) is 29.6 Å². The molecule has 0 heterocycles. The lowest BCUT2D eigenvalue weighted by molar-refractivity contribution is 0.368. The van der Waals surface area contributed by atoms with E-state index in [0.717, 1.165) is 0 Å². The Bertz CT molecular complexity index is 304. The highest BCUT2D eigenvalue weighted by atomic mass is 19.1. The Kier molecular flexibility index (Phi) is 2.57. The van der Waals surface area contributed by atoms with Crippen molar-refractivity contribution in [2.24, 2.45) is 5.73 Å². The quantitative estimate of drug-likeness (QED) is 0.761. The predicted molar refractivity (Wildman–Crippen MR) is 50.2 cm³/mol. The van der Waals surface area contributed by atoms with Crippen molar-refractivity contribution in [1.29, 1.82) is 0 Å². The minimum atomic E-state index is -0.590. The molecule has 0 saturated carbocycles. The molecular weight excluding hydrogens is 169 g/mol. The maximum Gasteiger partial charge on any atom is 0.165 e. The molecule has 13 heavy (non-hydrogen) atoms. The molecule has 0 spiro atoms. The molecule has 2 N–H and O–H groups in total. The lowest BCUT2D eigenvalue weighted by Gasteiger charge is -2.21. The van der Waals surface area contributed by atoms with Crippen LogP contribution in [0.2, 0.25) is 0 Å². The zero-order valence-corrected chi connectivity index (χ0v) is 8.10. The maximum atomic E-state index is 13.2. The van der Waals surface area contributed by atoms with Gasteiger partial charge in [-0.2, -0.15) is 0 Å². The Hall–Kier alpha value is -1.09. The predicted octanol–water partition coefficient (Wildman–Crippen LogP) is 2.03. The highest BCUT2D eigenvalue weighted by Crippen LogP contribution is 2.29. The highest BCUT2D eigenvalue weighted by molar-refractivity contribution is 5.39. The van der Waals surface area contributed by atoms with Crippen LogP contribution in [0.25, 0.3) is 0 Å². The van der Waals surface area contributed by atoms with E-state index >= 15 is 0 Å². The van der Waals surface area contributed by atoms with Crippen molar-refractivity contribution in [2.45, 2.75) is 19.4 Å². The standard InChI is InChI=1S/C10H14FNO/c1-10(2,12)7-5-4-6-8(11)9(7)13-3/h4-6H,12H2,1-3H3. The second kappa shape index (κ2) is 3.34. The van der Waals surface area contributed by atoms with Gasteiger partial charge in [0.05, 0.1) is 7.11 Å². The maximum absolute atomic E-state index is 13.2. The number of para-hydroxylation sites is 1. The van der Waals surface area contributed by atoms with Gasteiger partial charge in [0.15, 0.2) is 11.6 Å². The summed E-state index contributed by atoms with van der Waals surface area (Å²) in [6.45, 7) is 3.62. The molecule has 0 saturated heterocycles. The van der Waals surface area contributed by atoms with Gasteiger partial charge < -0.3 is 10.5 Å². The fraction of sp³-hybridized carbons (Fsp3) is 0.400. The minimum Gasteiger partial charge on any atom is -0.493 e. The van der Waals surface area contributed by atoms with Gasteiger partial charge >= 0.3 is 0 Å². The molecule has 1 rings (SSSR count). The molecule has 0 atom stereocenters. The third-order valence-electron chi connectivity index (χ3n) is 1.87. The fourth-order valence-corrected chi connectivity index (χ4v) is 1.22. The number of benzene rings is 1. The largest absolute Gasteiger partial charge is 0.493 e. The van der Waals surface area contributed by atoms with E-state index in [9.17, 15) is 4.39 Å². The second-order valence-corrected chi connectivity index (χ2v) is 3.54. The smallest absolute Gasteiger partial charge is 0.165 e. The van der Waals surface area contributed by atoms with Crippen molar-refractivity contribution >= 4 is 0 Å². The molecule has 0 aliphatic carbocycles. The van der Waals surface area contributed by atoms with Crippen LogP contribution < -0.4 is 10.5 Å². The molecular formula is C10H14FNO. The Labute approximate surface area is 77.5 Å². The average Bonchev–Trinajstić information content (AvgIpc) is 2.02. The summed E-state index contributed by atoms with van der Waals surface area (Å²) in [6.07, 6.45) is 0. The van der Waals surface area contributed by atoms with Gasteiger partial charge in [-0.15, -0.1) is 0 Å². The molecule has 0 aliphatic heterocycles. The topological polar surface area (TPSA) is 35.2 Å². The summed E-state index contributed by atoms with van der Waals surface area (Å²) in [5.74, 6) is -0.145. The van der Waals surface area contributed by atoms with Crippen molar-refractivity contribution in [3.63, 3.8) is 0 Å². The van der Waals surface area contributed by atoms with Crippen LogP contribution in [0.4, 0.5) is 4.39 Å². The summed E-state index contributed by atoms with van der Waals surface area (Å²) >= 11 is 0. The Morgan fingerprint density at radius 2 is 2.00 bits per heavy atom. The molecule has 1 aromatic carbocycles. The fourth-order valence-electron chi connectivity index (χ4n) is 1.22. The van der Waals surface area contributed by atoms with Crippen LogP contribution in [-0.2, 0) is 5.54 Å². The molecule has 2 nitrogen and oxygen atoms in total. The average molecular weight is 183 g/mol. The van der Waals surface area contributed by atoms with Crippen molar-refractivity contribution in [2.75, 3.05) is 7.11 Å². The summed E-state index contributed by atoms with van der Waals surface area (Å²) in [6, 6.07) is 4.75. The van der Waals surface area contributed by atoms with E-state index in [1.54, 1.807) is 12.1 Å². The van der Waals surface area contributed by atoms with E-state index in [-0.39, 0.29) is 11.6 Å². The molecule has 3 heteroatoms. The third kappa shape index (κ3) is 1.98. The van der Waals surface area contributed by atoms with E-state index in [1.807, 2.05) is 13.8 Å². The molecule has 0 aromatic heterocycles. The van der Waals surface area contributed by atoms with E-state index in [2.05, 4.69) is 0 Å². The van der Waals surface area contributed by atoms with Crippen LogP contribution in [0.15, 0.2) is 18.2 Å². The number of halogens is 1. The zero-order valence-electron chi connectivity index (χ0n) is 8.10. The first-order chi connectivity index (χ1) is 5.96. The Morgan fingerprint density at radius 3 is 2.38 bits per heavy atom. The van der Waals surface area contributed by atoms with Gasteiger partial charge in [0.1, 0.15) is 0 Å². The summed E-state index contributed by atoms with van der Waals surface area (Å²) in [7, 11) is 1.44. The lowest BCUT2D eigenvalue weighted by Crippen LogP contribution is -2.29. The van der Waals surface area contributed by atoms with Gasteiger partial charge in [-0.3, -0.25) is 0 Å². The normalized spacial score (nSPS) is 11.5. The molecule has 0 bridgehead atoms. The van der Waals surface area contributed by atoms with Crippen LogP contribution >= 0.6 is 0 Å². The molecule has 1 aromatic rings. The summed E-state index contributed by atoms with van der Waals surface area (Å²) in [4.78, 5) is 0. The summed E-state index contributed by atoms with van der Waals surface area (Å²) < 4.78 is 18.1. The van der Waals surface area contributed by atoms with Gasteiger partial charge in [-0.1, -0.05) is 12.1 Å². The Morgan fingerprint density at radius 1 is 1.38 bits per heavy atom. The van der Waals surface area contributed by atoms with Crippen LogP contribution in [0, 0.1) is 5.82 Å². The van der Waals surface area contributed by atoms with Crippen molar-refractivity contribution in [1.82, 2.24) is 0 Å². The second-order valence-electron chi connectivity index (χ2n) is 3.54. The summed E-state index contributed by atoms with van der Waals surface area (Å²) in [5, 5.41) is 0. The first-order valence-electron chi connectivity index (χ1n) is 4.08. The van der Waals surface area contributed by atoms with E-state index in [0.29, 0.717) is 5.56 Å². The lowest BCUT2D eigenvalue weighted by atomic mass is 9.94. The SMILES string of the molecule is COc1c(F)cccc1C(C)(C)N. The number of hydrogen-bond acceptors (Lipinski definition) is 2. The van der Waals surface area contributed by atoms with E-state index in [1.165, 1.54) is 13.2 Å². The van der Waals surface area contributed by atoms with Crippen molar-refractivity contribution in [3.8, 4) is 5.75 Å². The van der Waals surface area contributed by atoms with Gasteiger partial charge in [-0.25, -0.2) is 4.39 Å². The van der Waals surface area contributed by atoms with Crippen LogP contribution in [0.5, 0.6) is 5.75 Å². The van der Waals surface area contributed by atoms with Crippen LogP contribution in [0.1, 0.15) is 19.4 Å². The van der Waals surface area contributed by atoms with E-state index in [4.69, 9.17) is 10.5 Å². The first-order valence-corrected chi connectivity index (χ1v) is 4.08. The van der Waals surface area contributed by atoms with Crippen LogP contribution in [-0.4, -0.2) is 7.11 Å². The van der Waals surface area contributed by atoms with E-state index < -0.39 is 5.54 Å². The molecule has 72 valence electrons. The number of methoxy groups -OCH3 is 1. The van der Waals surface area contributed by atoms with Crippen molar-refractivity contribution < 1.29 is 9.13 Å². The number of rotatable bonds is 2. The number of hydrogen-bond donors (Lipinski definition) is 1. The van der Waals surface area contributed by atoms with Crippen LogP contribution in [0.3, 0.4) is 0 Å². The molecule has 0 fully saturated rings. The van der Waals surface area contributed by atoms with Gasteiger partial charge in [0.2, 0.25) is 0 Å². The molecule has 0 aliphatic rings.